The Balaban J connectivity index is 1.99. The molecule has 1 N–H and O–H groups in total. The molecule has 0 aliphatic carbocycles. The predicted octanol–water partition coefficient (Wildman–Crippen LogP) is 3.60. The molecule has 0 amide bonds. The van der Waals surface area contributed by atoms with Crippen LogP contribution in [0.3, 0.4) is 0 Å². The third-order valence-electron chi connectivity index (χ3n) is 4.14. The molecule has 0 fully saturated rings. The molecule has 1 aromatic carbocycles. The zero-order chi connectivity index (χ0) is 17.3. The van der Waals surface area contributed by atoms with Crippen LogP contribution in [0, 0.1) is 0 Å². The molecule has 0 unspecified atom stereocenters. The van der Waals surface area contributed by atoms with Crippen molar-refractivity contribution in [2.24, 2.45) is 0 Å². The summed E-state index contributed by atoms with van der Waals surface area (Å²) in [7, 11) is 1.67. The number of benzene rings is 1. The molecule has 0 spiro atoms. The van der Waals surface area contributed by atoms with Crippen LogP contribution in [-0.4, -0.2) is 26.9 Å². The van der Waals surface area contributed by atoms with Crippen LogP contribution in [0.15, 0.2) is 36.7 Å². The number of methoxy groups -OCH3 is 1. The molecule has 2 heterocycles. The first-order valence-electron chi connectivity index (χ1n) is 8.04. The van der Waals surface area contributed by atoms with Crippen molar-refractivity contribution in [1.82, 2.24) is 19.8 Å². The van der Waals surface area contributed by atoms with Gasteiger partial charge in [-0.15, -0.1) is 10.2 Å². The van der Waals surface area contributed by atoms with Crippen molar-refractivity contribution in [1.29, 1.82) is 0 Å². The van der Waals surface area contributed by atoms with Crippen LogP contribution in [0.1, 0.15) is 44.9 Å². The highest BCUT2D eigenvalue weighted by Crippen LogP contribution is 2.29. The number of ether oxygens (including phenoxy) is 1. The molecule has 3 aromatic rings. The molecular formula is C18H23N5O. The zero-order valence-electron chi connectivity index (χ0n) is 14.7. The van der Waals surface area contributed by atoms with Gasteiger partial charge in [-0.05, 0) is 43.5 Å². The van der Waals surface area contributed by atoms with Gasteiger partial charge in [0.15, 0.2) is 0 Å². The molecule has 0 bridgehead atoms. The molecule has 0 aliphatic heterocycles. The minimum absolute atomic E-state index is 0.283. The van der Waals surface area contributed by atoms with Crippen molar-refractivity contribution in [2.45, 2.75) is 39.2 Å². The fourth-order valence-electron chi connectivity index (χ4n) is 2.64. The van der Waals surface area contributed by atoms with E-state index >= 15 is 0 Å². The Morgan fingerprint density at radius 2 is 1.88 bits per heavy atom. The van der Waals surface area contributed by atoms with E-state index in [1.54, 1.807) is 18.0 Å². The molecule has 6 heteroatoms. The highest BCUT2D eigenvalue weighted by molar-refractivity contribution is 5.68. The molecule has 6 nitrogen and oxygen atoms in total. The second kappa shape index (κ2) is 6.11. The molecule has 2 aromatic heterocycles. The number of nitrogens with one attached hydrogen (secondary N) is 1. The Hall–Kier alpha value is -2.63. The number of nitrogens with zero attached hydrogens (tertiary/aromatic N) is 4. The molecule has 0 atom stereocenters. The van der Waals surface area contributed by atoms with Gasteiger partial charge in [-0.3, -0.25) is 0 Å². The van der Waals surface area contributed by atoms with Gasteiger partial charge in [0.2, 0.25) is 5.65 Å². The van der Waals surface area contributed by atoms with E-state index in [9.17, 15) is 0 Å². The second-order valence-electron chi connectivity index (χ2n) is 6.72. The number of rotatable bonds is 5. The van der Waals surface area contributed by atoms with E-state index in [-0.39, 0.29) is 5.54 Å². The van der Waals surface area contributed by atoms with E-state index in [1.807, 2.05) is 12.1 Å². The van der Waals surface area contributed by atoms with Crippen molar-refractivity contribution in [3.8, 4) is 5.75 Å². The van der Waals surface area contributed by atoms with Crippen molar-refractivity contribution >= 4 is 11.3 Å². The molecule has 24 heavy (non-hydrogen) atoms. The first-order valence-corrected chi connectivity index (χ1v) is 8.04. The lowest BCUT2D eigenvalue weighted by Crippen LogP contribution is -2.28. The summed E-state index contributed by atoms with van der Waals surface area (Å²) in [6, 6.07) is 10.1. The summed E-state index contributed by atoms with van der Waals surface area (Å²) in [5.41, 5.74) is 3.51. The number of anilines is 1. The van der Waals surface area contributed by atoms with E-state index in [1.165, 1.54) is 0 Å². The van der Waals surface area contributed by atoms with E-state index < -0.39 is 0 Å². The van der Waals surface area contributed by atoms with E-state index in [0.29, 0.717) is 5.92 Å². The number of aromatic nitrogens is 4. The average Bonchev–Trinajstić information content (AvgIpc) is 3.03. The first kappa shape index (κ1) is 16.2. The summed E-state index contributed by atoms with van der Waals surface area (Å²) in [5, 5.41) is 16.3. The first-order chi connectivity index (χ1) is 11.4. The van der Waals surface area contributed by atoms with Crippen LogP contribution in [0.25, 0.3) is 5.65 Å². The van der Waals surface area contributed by atoms with Crippen molar-refractivity contribution in [3.63, 3.8) is 0 Å². The molecule has 3 rings (SSSR count). The van der Waals surface area contributed by atoms with Crippen LogP contribution in [0.5, 0.6) is 5.75 Å². The molecule has 126 valence electrons. The lowest BCUT2D eigenvalue weighted by atomic mass is 9.93. The number of fused-ring (bicyclic) bond motifs is 1. The summed E-state index contributed by atoms with van der Waals surface area (Å²) in [4.78, 5) is 0. The lowest BCUT2D eigenvalue weighted by Gasteiger charge is -2.28. The van der Waals surface area contributed by atoms with Gasteiger partial charge in [-0.2, -0.15) is 9.61 Å². The van der Waals surface area contributed by atoms with Gasteiger partial charge >= 0.3 is 0 Å². The second-order valence-corrected chi connectivity index (χ2v) is 6.72. The Morgan fingerprint density at radius 1 is 1.17 bits per heavy atom. The third kappa shape index (κ3) is 3.04. The molecule has 0 radical (unpaired) electrons. The maximum absolute atomic E-state index is 5.24. The standard InChI is InChI=1S/C18H23N5O/c1-12(2)15-10-16(17-21-19-11-23(17)22-15)20-18(3,4)13-6-8-14(24-5)9-7-13/h6-12,20H,1-5H3. The summed E-state index contributed by atoms with van der Waals surface area (Å²) in [5.74, 6) is 1.17. The minimum atomic E-state index is -0.283. The van der Waals surface area contributed by atoms with E-state index in [2.05, 4.69) is 66.5 Å². The van der Waals surface area contributed by atoms with Crippen molar-refractivity contribution in [3.05, 3.63) is 47.9 Å². The maximum atomic E-state index is 5.24. The Kier molecular flexibility index (Phi) is 4.13. The SMILES string of the molecule is COc1ccc(C(C)(C)Nc2cc(C(C)C)nn3cnnc23)cc1. The fraction of sp³-hybridized carbons (Fsp3) is 0.389. The lowest BCUT2D eigenvalue weighted by molar-refractivity contribution is 0.414. The van der Waals surface area contributed by atoms with Crippen molar-refractivity contribution < 1.29 is 4.74 Å². The topological polar surface area (TPSA) is 64.3 Å². The van der Waals surface area contributed by atoms with Crippen LogP contribution in [0.4, 0.5) is 5.69 Å². The van der Waals surface area contributed by atoms with Crippen LogP contribution in [0.2, 0.25) is 0 Å². The van der Waals surface area contributed by atoms with Crippen LogP contribution in [-0.2, 0) is 5.54 Å². The van der Waals surface area contributed by atoms with Gasteiger partial charge in [0, 0.05) is 0 Å². The normalized spacial score (nSPS) is 11.9. The average molecular weight is 325 g/mol. The maximum Gasteiger partial charge on any atom is 0.200 e. The quantitative estimate of drug-likeness (QED) is 0.776. The number of hydrogen-bond acceptors (Lipinski definition) is 5. The highest BCUT2D eigenvalue weighted by Gasteiger charge is 2.23. The Labute approximate surface area is 141 Å². The highest BCUT2D eigenvalue weighted by atomic mass is 16.5. The smallest absolute Gasteiger partial charge is 0.200 e. The predicted molar refractivity (Wildman–Crippen MR) is 94.5 cm³/mol. The summed E-state index contributed by atoms with van der Waals surface area (Å²) in [6.07, 6.45) is 1.63. The van der Waals surface area contributed by atoms with E-state index in [4.69, 9.17) is 4.74 Å². The molecule has 0 saturated carbocycles. The Bertz CT molecular complexity index is 836. The molecule has 0 saturated heterocycles. The van der Waals surface area contributed by atoms with Crippen LogP contribution >= 0.6 is 0 Å². The van der Waals surface area contributed by atoms with Crippen LogP contribution < -0.4 is 10.1 Å². The fourth-order valence-corrected chi connectivity index (χ4v) is 2.64. The van der Waals surface area contributed by atoms with Gasteiger partial charge in [0.1, 0.15) is 12.1 Å². The minimum Gasteiger partial charge on any atom is -0.497 e. The Morgan fingerprint density at radius 3 is 2.50 bits per heavy atom. The summed E-state index contributed by atoms with van der Waals surface area (Å²) >= 11 is 0. The van der Waals surface area contributed by atoms with Gasteiger partial charge in [0.25, 0.3) is 0 Å². The molecular weight excluding hydrogens is 302 g/mol. The summed E-state index contributed by atoms with van der Waals surface area (Å²) in [6.45, 7) is 8.52. The largest absolute Gasteiger partial charge is 0.497 e. The van der Waals surface area contributed by atoms with Gasteiger partial charge in [-0.25, -0.2) is 0 Å². The number of hydrogen-bond donors (Lipinski definition) is 1. The molecule has 0 aliphatic rings. The van der Waals surface area contributed by atoms with Gasteiger partial charge in [0.05, 0.1) is 24.0 Å². The summed E-state index contributed by atoms with van der Waals surface area (Å²) < 4.78 is 6.96. The third-order valence-corrected chi connectivity index (χ3v) is 4.14. The van der Waals surface area contributed by atoms with Gasteiger partial charge < -0.3 is 10.1 Å². The van der Waals surface area contributed by atoms with Gasteiger partial charge in [-0.1, -0.05) is 26.0 Å². The van der Waals surface area contributed by atoms with E-state index in [0.717, 1.165) is 28.3 Å². The zero-order valence-corrected chi connectivity index (χ0v) is 14.7. The monoisotopic (exact) mass is 325 g/mol. The van der Waals surface area contributed by atoms with Crippen molar-refractivity contribution in [2.75, 3.05) is 12.4 Å².